The molecule has 0 unspecified atom stereocenters. The number of nitriles is 1. The normalized spacial score (nSPS) is 6.00. The van der Waals surface area contributed by atoms with Gasteiger partial charge >= 0.3 is 35.5 Å². The van der Waals surface area contributed by atoms with Gasteiger partial charge in [0, 0.05) is 0 Å². The molecule has 0 amide bonds. The molecule has 0 atom stereocenters. The maximum atomic E-state index is 9.97. The molecule has 0 N–H and O–H groups in total. The van der Waals surface area contributed by atoms with E-state index in [4.69, 9.17) is 5.26 Å². The van der Waals surface area contributed by atoms with Crippen molar-refractivity contribution < 1.29 is 40.5 Å². The van der Waals surface area contributed by atoms with Gasteiger partial charge in [0.2, 0.25) is 0 Å². The fraction of sp³-hybridized carbons (Fsp3) is 0.500. The molecule has 0 bridgehead atoms. The molecule has 0 saturated heterocycles. The zero-order valence-electron chi connectivity index (χ0n) is 5.97. The van der Waals surface area contributed by atoms with E-state index in [2.05, 4.69) is 4.74 Å². The van der Waals surface area contributed by atoms with Crippen LogP contribution in [0.25, 0.3) is 0 Å². The predicted octanol–water partition coefficient (Wildman–Crippen LogP) is -2.81. The number of methoxy groups -OCH3 is 1. The number of esters is 1. The van der Waals surface area contributed by atoms with E-state index in [1.165, 1.54) is 7.11 Å². The number of nitrogens with zero attached hydrogens (tertiary/aromatic N) is 1. The van der Waals surface area contributed by atoms with Crippen LogP contribution in [-0.2, 0) is 9.53 Å². The summed E-state index contributed by atoms with van der Waals surface area (Å²) in [7, 11) is 1.25. The van der Waals surface area contributed by atoms with E-state index < -0.39 is 5.97 Å². The Kier molecular flexibility index (Phi) is 9.44. The van der Waals surface area contributed by atoms with Crippen molar-refractivity contribution in [3.05, 3.63) is 0 Å². The third kappa shape index (κ3) is 5.96. The molecule has 3 nitrogen and oxygen atoms in total. The number of carbonyl (C=O) groups excluding carboxylic acids is 1. The summed E-state index contributed by atoms with van der Waals surface area (Å²) in [6, 6.07) is 1.64. The van der Waals surface area contributed by atoms with E-state index in [0.29, 0.717) is 0 Å². The van der Waals surface area contributed by atoms with Gasteiger partial charge in [-0.25, -0.2) is 0 Å². The Morgan fingerprint density at radius 3 is 2.62 bits per heavy atom. The third-order valence-corrected chi connectivity index (χ3v) is 0.451. The molecule has 0 aromatic rings. The summed E-state index contributed by atoms with van der Waals surface area (Å²) in [4.78, 5) is 9.97. The third-order valence-electron chi connectivity index (χ3n) is 0.451. The molecule has 0 rings (SSSR count). The number of ether oxygens (including phenoxy) is 1. The summed E-state index contributed by atoms with van der Waals surface area (Å²) in [5.74, 6) is -0.484. The van der Waals surface area contributed by atoms with E-state index in [1.54, 1.807) is 6.07 Å². The van der Waals surface area contributed by atoms with Crippen LogP contribution in [0.5, 0.6) is 0 Å². The molecule has 0 aromatic carbocycles. The van der Waals surface area contributed by atoms with Gasteiger partial charge in [0.1, 0.15) is 6.42 Å². The minimum absolute atomic E-state index is 0. The average molecular weight is 123 g/mol. The second-order valence-corrected chi connectivity index (χ2v) is 0.911. The number of hydrogen-bond acceptors (Lipinski definition) is 3. The van der Waals surface area contributed by atoms with Crippen molar-refractivity contribution in [2.45, 2.75) is 6.42 Å². The molecule has 0 fully saturated rings. The molecule has 0 aliphatic heterocycles. The molecule has 0 aromatic heterocycles. The van der Waals surface area contributed by atoms with Crippen LogP contribution < -0.4 is 29.6 Å². The summed E-state index contributed by atoms with van der Waals surface area (Å²) < 4.78 is 4.13. The quantitative estimate of drug-likeness (QED) is 0.279. The van der Waals surface area contributed by atoms with Gasteiger partial charge in [-0.1, -0.05) is 0 Å². The molecular formula is C4H6NNaO2. The Morgan fingerprint density at radius 1 is 2.00 bits per heavy atom. The molecule has 40 valence electrons. The first-order valence-corrected chi connectivity index (χ1v) is 1.75. The second-order valence-electron chi connectivity index (χ2n) is 0.911. The molecule has 0 aliphatic carbocycles. The van der Waals surface area contributed by atoms with Gasteiger partial charge in [0.25, 0.3) is 0 Å². The standard InChI is InChI=1S/C4H5NO2.Na.H/c1-7-4(6)2-3-5;;/h2H2,1H3;;/q;+1;-1. The smallest absolute Gasteiger partial charge is 1.00 e. The fourth-order valence-corrected chi connectivity index (χ4v) is 0.137. The fourth-order valence-electron chi connectivity index (χ4n) is 0.137. The number of carbonyl (C=O) groups is 1. The predicted molar refractivity (Wildman–Crippen MR) is 23.4 cm³/mol. The van der Waals surface area contributed by atoms with Crippen LogP contribution in [0.4, 0.5) is 0 Å². The Hall–Kier alpha value is -0.0400. The van der Waals surface area contributed by atoms with Crippen LogP contribution in [0, 0.1) is 11.3 Å². The Balaban J connectivity index is -0.000000180. The molecule has 0 spiro atoms. The minimum atomic E-state index is -0.484. The maximum Gasteiger partial charge on any atom is 1.00 e. The first-order valence-electron chi connectivity index (χ1n) is 1.75. The van der Waals surface area contributed by atoms with E-state index in [9.17, 15) is 4.79 Å². The Labute approximate surface area is 71.4 Å². The van der Waals surface area contributed by atoms with Crippen molar-refractivity contribution in [1.29, 1.82) is 5.26 Å². The largest absolute Gasteiger partial charge is 1.00 e. The van der Waals surface area contributed by atoms with Crippen molar-refractivity contribution in [2.24, 2.45) is 0 Å². The van der Waals surface area contributed by atoms with Gasteiger partial charge in [-0.05, 0) is 0 Å². The van der Waals surface area contributed by atoms with Gasteiger partial charge in [0.05, 0.1) is 13.2 Å². The van der Waals surface area contributed by atoms with Crippen molar-refractivity contribution in [1.82, 2.24) is 0 Å². The molecule has 0 heterocycles. The second kappa shape index (κ2) is 6.96. The summed E-state index contributed by atoms with van der Waals surface area (Å²) in [5.41, 5.74) is 0. The number of rotatable bonds is 1. The molecule has 0 saturated carbocycles. The van der Waals surface area contributed by atoms with Crippen LogP contribution in [-0.4, -0.2) is 13.1 Å². The SMILES string of the molecule is COC(=O)CC#N.[H-].[Na+]. The maximum absolute atomic E-state index is 9.97. The first kappa shape index (κ1) is 10.9. The monoisotopic (exact) mass is 123 g/mol. The topological polar surface area (TPSA) is 50.1 Å². The zero-order chi connectivity index (χ0) is 5.70. The van der Waals surface area contributed by atoms with Crippen molar-refractivity contribution in [3.63, 3.8) is 0 Å². The molecule has 8 heavy (non-hydrogen) atoms. The van der Waals surface area contributed by atoms with Crippen LogP contribution in [0.1, 0.15) is 7.85 Å². The summed E-state index contributed by atoms with van der Waals surface area (Å²) >= 11 is 0. The first-order chi connectivity index (χ1) is 3.31. The summed E-state index contributed by atoms with van der Waals surface area (Å²) in [6.07, 6.45) is -0.156. The Bertz CT molecular complexity index is 112. The molecule has 0 radical (unpaired) electrons. The molecule has 0 aliphatic rings. The van der Waals surface area contributed by atoms with E-state index in [-0.39, 0.29) is 37.4 Å². The van der Waals surface area contributed by atoms with Crippen LogP contribution in [0.15, 0.2) is 0 Å². The minimum Gasteiger partial charge on any atom is -1.00 e. The van der Waals surface area contributed by atoms with Crippen LogP contribution >= 0.6 is 0 Å². The molecular weight excluding hydrogens is 117 g/mol. The van der Waals surface area contributed by atoms with Crippen LogP contribution in [0.3, 0.4) is 0 Å². The van der Waals surface area contributed by atoms with Gasteiger partial charge in [-0.2, -0.15) is 5.26 Å². The van der Waals surface area contributed by atoms with E-state index in [0.717, 1.165) is 0 Å². The van der Waals surface area contributed by atoms with Crippen molar-refractivity contribution >= 4 is 5.97 Å². The van der Waals surface area contributed by atoms with E-state index in [1.807, 2.05) is 0 Å². The van der Waals surface area contributed by atoms with Crippen molar-refractivity contribution in [3.8, 4) is 6.07 Å². The van der Waals surface area contributed by atoms with E-state index >= 15 is 0 Å². The summed E-state index contributed by atoms with van der Waals surface area (Å²) in [5, 5.41) is 7.82. The van der Waals surface area contributed by atoms with Gasteiger partial charge in [-0.3, -0.25) is 4.79 Å². The van der Waals surface area contributed by atoms with Gasteiger partial charge in [-0.15, -0.1) is 0 Å². The average Bonchev–Trinajstić information content (AvgIpc) is 1.68. The number of hydrogen-bond donors (Lipinski definition) is 0. The van der Waals surface area contributed by atoms with Gasteiger partial charge in [0.15, 0.2) is 0 Å². The van der Waals surface area contributed by atoms with Gasteiger partial charge < -0.3 is 6.16 Å². The van der Waals surface area contributed by atoms with Crippen LogP contribution in [0.2, 0.25) is 0 Å². The Morgan fingerprint density at radius 2 is 2.50 bits per heavy atom. The molecule has 4 heteroatoms. The zero-order valence-corrected chi connectivity index (χ0v) is 6.97. The summed E-state index contributed by atoms with van der Waals surface area (Å²) in [6.45, 7) is 0. The van der Waals surface area contributed by atoms with Crippen molar-refractivity contribution in [2.75, 3.05) is 7.11 Å².